The molecule has 6 nitrogen and oxygen atoms in total. The number of halogens is 4. The molecule has 0 radical (unpaired) electrons. The van der Waals surface area contributed by atoms with Gasteiger partial charge >= 0.3 is 6.36 Å². The number of carbonyl (C=O) groups excluding carboxylic acids is 1. The van der Waals surface area contributed by atoms with Gasteiger partial charge in [-0.1, -0.05) is 11.6 Å². The minimum atomic E-state index is -4.81. The van der Waals surface area contributed by atoms with Crippen LogP contribution < -0.4 is 24.4 Å². The highest BCUT2D eigenvalue weighted by atomic mass is 35.5. The molecule has 1 heterocycles. The van der Waals surface area contributed by atoms with E-state index in [1.54, 1.807) is 12.1 Å². The van der Waals surface area contributed by atoms with Crippen LogP contribution in [0.25, 0.3) is 6.08 Å². The Morgan fingerprint density at radius 1 is 1.19 bits per heavy atom. The van der Waals surface area contributed by atoms with Gasteiger partial charge in [-0.15, -0.1) is 13.2 Å². The molecule has 0 spiro atoms. The van der Waals surface area contributed by atoms with Crippen molar-refractivity contribution in [3.05, 3.63) is 52.7 Å². The van der Waals surface area contributed by atoms with E-state index in [1.165, 1.54) is 25.3 Å². The minimum Gasteiger partial charge on any atom is -0.493 e. The number of hydrogen-bond donors (Lipinski definition) is 1. The smallest absolute Gasteiger partial charge is 0.493 e. The number of nitrogens with zero attached hydrogens (tertiary/aromatic N) is 1. The molecule has 0 aliphatic carbocycles. The van der Waals surface area contributed by atoms with Crippen molar-refractivity contribution in [1.29, 1.82) is 0 Å². The monoisotopic (exact) mass is 486 g/mol. The minimum absolute atomic E-state index is 0.0727. The molecule has 1 amide bonds. The summed E-state index contributed by atoms with van der Waals surface area (Å²) in [6.07, 6.45) is -3.40. The van der Waals surface area contributed by atoms with E-state index >= 15 is 0 Å². The summed E-state index contributed by atoms with van der Waals surface area (Å²) in [4.78, 5) is 14.1. The zero-order valence-corrected chi connectivity index (χ0v) is 18.7. The van der Waals surface area contributed by atoms with Gasteiger partial charge in [-0.05, 0) is 74.1 Å². The number of anilines is 1. The highest BCUT2D eigenvalue weighted by Crippen LogP contribution is 2.38. The van der Waals surface area contributed by atoms with Crippen LogP contribution in [0.3, 0.4) is 0 Å². The topological polar surface area (TPSA) is 60.0 Å². The van der Waals surface area contributed by atoms with Crippen LogP contribution in [0.2, 0.25) is 5.02 Å². The van der Waals surface area contributed by atoms with Crippen molar-refractivity contribution >= 4 is 46.6 Å². The average molecular weight is 487 g/mol. The Kier molecular flexibility index (Phi) is 6.85. The number of thiocarbonyl (C=S) groups is 1. The number of amides is 1. The molecular formula is C21H18ClF3N2O4S. The van der Waals surface area contributed by atoms with Crippen LogP contribution in [0.15, 0.2) is 42.1 Å². The van der Waals surface area contributed by atoms with Crippen LogP contribution in [-0.2, 0) is 4.79 Å². The fraction of sp³-hybridized carbons (Fsp3) is 0.238. The van der Waals surface area contributed by atoms with Crippen LogP contribution in [0, 0.1) is 0 Å². The molecule has 1 aliphatic heterocycles. The first kappa shape index (κ1) is 23.7. The van der Waals surface area contributed by atoms with Crippen molar-refractivity contribution in [2.45, 2.75) is 26.3 Å². The third-order valence-corrected chi connectivity index (χ3v) is 4.69. The van der Waals surface area contributed by atoms with Gasteiger partial charge in [0.1, 0.15) is 11.4 Å². The van der Waals surface area contributed by atoms with E-state index in [0.717, 1.165) is 17.0 Å². The molecule has 1 N–H and O–H groups in total. The Balaban J connectivity index is 1.86. The van der Waals surface area contributed by atoms with Gasteiger partial charge in [0, 0.05) is 0 Å². The SMILES string of the molecule is COc1cc(/C=C2\NC(=S)N(c3ccc(OC(F)(F)F)cc3)C2=O)cc(Cl)c1OC(C)C. The van der Waals surface area contributed by atoms with Gasteiger partial charge in [-0.3, -0.25) is 9.69 Å². The molecule has 11 heteroatoms. The van der Waals surface area contributed by atoms with Gasteiger partial charge in [0.15, 0.2) is 16.6 Å². The van der Waals surface area contributed by atoms with Gasteiger partial charge in [0.05, 0.1) is 23.9 Å². The zero-order valence-electron chi connectivity index (χ0n) is 17.1. The van der Waals surface area contributed by atoms with E-state index < -0.39 is 18.0 Å². The number of alkyl halides is 3. The number of ether oxygens (including phenoxy) is 3. The molecule has 0 aromatic heterocycles. The molecule has 0 bridgehead atoms. The number of rotatable bonds is 6. The third-order valence-electron chi connectivity index (χ3n) is 4.12. The van der Waals surface area contributed by atoms with Crippen molar-refractivity contribution in [2.24, 2.45) is 0 Å². The van der Waals surface area contributed by atoms with Crippen LogP contribution >= 0.6 is 23.8 Å². The maximum Gasteiger partial charge on any atom is 0.573 e. The molecule has 2 aromatic carbocycles. The Bertz CT molecular complexity index is 1070. The van der Waals surface area contributed by atoms with Gasteiger partial charge in [0.25, 0.3) is 5.91 Å². The summed E-state index contributed by atoms with van der Waals surface area (Å²) >= 11 is 11.6. The van der Waals surface area contributed by atoms with E-state index in [0.29, 0.717) is 22.1 Å². The van der Waals surface area contributed by atoms with Gasteiger partial charge in [0.2, 0.25) is 0 Å². The molecule has 0 unspecified atom stereocenters. The second kappa shape index (κ2) is 9.25. The summed E-state index contributed by atoms with van der Waals surface area (Å²) in [5.74, 6) is -0.122. The summed E-state index contributed by atoms with van der Waals surface area (Å²) in [6, 6.07) is 8.05. The lowest BCUT2D eigenvalue weighted by atomic mass is 10.1. The molecule has 2 aromatic rings. The molecule has 1 aliphatic rings. The van der Waals surface area contributed by atoms with Gasteiger partial charge in [-0.2, -0.15) is 0 Å². The highest BCUT2D eigenvalue weighted by molar-refractivity contribution is 7.80. The number of hydrogen-bond acceptors (Lipinski definition) is 5. The van der Waals surface area contributed by atoms with E-state index in [-0.39, 0.29) is 22.6 Å². The number of benzene rings is 2. The van der Waals surface area contributed by atoms with Crippen LogP contribution in [-0.4, -0.2) is 30.6 Å². The molecule has 0 saturated carbocycles. The summed E-state index contributed by atoms with van der Waals surface area (Å²) in [5.41, 5.74) is 0.986. The molecule has 0 atom stereocenters. The fourth-order valence-corrected chi connectivity index (χ4v) is 3.47. The van der Waals surface area contributed by atoms with Crippen LogP contribution in [0.5, 0.6) is 17.2 Å². The van der Waals surface area contributed by atoms with Crippen molar-refractivity contribution < 1.29 is 32.2 Å². The summed E-state index contributed by atoms with van der Waals surface area (Å²) in [6.45, 7) is 3.70. The Morgan fingerprint density at radius 3 is 2.41 bits per heavy atom. The van der Waals surface area contributed by atoms with E-state index in [1.807, 2.05) is 13.8 Å². The second-order valence-electron chi connectivity index (χ2n) is 6.87. The first-order valence-electron chi connectivity index (χ1n) is 9.25. The Hall–Kier alpha value is -2.98. The largest absolute Gasteiger partial charge is 0.573 e. The quantitative estimate of drug-likeness (QED) is 0.442. The Morgan fingerprint density at radius 2 is 1.84 bits per heavy atom. The lowest BCUT2D eigenvalue weighted by Gasteiger charge is -2.16. The van der Waals surface area contributed by atoms with Crippen LogP contribution in [0.4, 0.5) is 18.9 Å². The van der Waals surface area contributed by atoms with Crippen molar-refractivity contribution in [1.82, 2.24) is 5.32 Å². The zero-order chi connectivity index (χ0) is 23.6. The summed E-state index contributed by atoms with van der Waals surface area (Å²) < 4.78 is 51.9. The van der Waals surface area contributed by atoms with Crippen molar-refractivity contribution in [3.8, 4) is 17.2 Å². The van der Waals surface area contributed by atoms with Crippen LogP contribution in [0.1, 0.15) is 19.4 Å². The molecule has 32 heavy (non-hydrogen) atoms. The van der Waals surface area contributed by atoms with Crippen molar-refractivity contribution in [2.75, 3.05) is 12.0 Å². The van der Waals surface area contributed by atoms with E-state index in [4.69, 9.17) is 33.3 Å². The summed E-state index contributed by atoms with van der Waals surface area (Å²) in [7, 11) is 1.47. The molecule has 3 rings (SSSR count). The first-order chi connectivity index (χ1) is 15.0. The molecule has 1 fully saturated rings. The van der Waals surface area contributed by atoms with Crippen molar-refractivity contribution in [3.63, 3.8) is 0 Å². The molecule has 170 valence electrons. The Labute approximate surface area is 192 Å². The van der Waals surface area contributed by atoms with E-state index in [9.17, 15) is 18.0 Å². The number of methoxy groups -OCH3 is 1. The fourth-order valence-electron chi connectivity index (χ4n) is 2.91. The lowest BCUT2D eigenvalue weighted by molar-refractivity contribution is -0.274. The lowest BCUT2D eigenvalue weighted by Crippen LogP contribution is -2.30. The summed E-state index contributed by atoms with van der Waals surface area (Å²) in [5, 5.41) is 3.17. The molecular weight excluding hydrogens is 469 g/mol. The normalized spacial score (nSPS) is 15.4. The maximum atomic E-state index is 12.9. The standard InChI is InChI=1S/C21H18ClF3N2O4S/c1-11(2)30-18-15(22)8-12(10-17(18)29-3)9-16-19(28)27(20(32)26-16)13-4-6-14(7-5-13)31-21(23,24)25/h4-11H,1-3H3,(H,26,32)/b16-9-. The number of carbonyl (C=O) groups is 1. The predicted octanol–water partition coefficient (Wildman–Crippen LogP) is 5.30. The predicted molar refractivity (Wildman–Crippen MR) is 118 cm³/mol. The average Bonchev–Trinajstić information content (AvgIpc) is 2.96. The first-order valence-corrected chi connectivity index (χ1v) is 10.0. The second-order valence-corrected chi connectivity index (χ2v) is 7.67. The highest BCUT2D eigenvalue weighted by Gasteiger charge is 2.33. The third kappa shape index (κ3) is 5.43. The molecule has 1 saturated heterocycles. The number of nitrogens with one attached hydrogen (secondary N) is 1. The van der Waals surface area contributed by atoms with E-state index in [2.05, 4.69) is 10.1 Å². The van der Waals surface area contributed by atoms with Gasteiger partial charge < -0.3 is 19.5 Å². The maximum absolute atomic E-state index is 12.9. The van der Waals surface area contributed by atoms with Gasteiger partial charge in [-0.25, -0.2) is 0 Å².